The van der Waals surface area contributed by atoms with Crippen molar-refractivity contribution in [2.24, 2.45) is 5.92 Å². The molecule has 0 spiro atoms. The molecule has 3 aliphatic heterocycles. The maximum absolute atomic E-state index is 13.7. The van der Waals surface area contributed by atoms with E-state index in [0.717, 1.165) is 77.1 Å². The number of hydrogen-bond donors (Lipinski definition) is 1. The Bertz CT molecular complexity index is 968. The minimum atomic E-state index is -0.611. The zero-order valence-electron chi connectivity index (χ0n) is 22.9. The normalized spacial score (nSPS) is 23.9. The number of carbonyl (C=O) groups excluding carboxylic acids is 3. The van der Waals surface area contributed by atoms with Gasteiger partial charge in [0.05, 0.1) is 12.7 Å². The van der Waals surface area contributed by atoms with Crippen LogP contribution in [0.5, 0.6) is 0 Å². The van der Waals surface area contributed by atoms with Crippen molar-refractivity contribution in [3.8, 4) is 0 Å². The highest BCUT2D eigenvalue weighted by Crippen LogP contribution is 2.32. The fraction of sp³-hybridized carbons (Fsp3) is 0.690. The summed E-state index contributed by atoms with van der Waals surface area (Å²) in [6, 6.07) is 6.59. The lowest BCUT2D eigenvalue weighted by atomic mass is 9.83. The first kappa shape index (κ1) is 34.4. The van der Waals surface area contributed by atoms with Gasteiger partial charge in [-0.15, -0.1) is 0 Å². The van der Waals surface area contributed by atoms with Crippen LogP contribution in [0.3, 0.4) is 0 Å². The summed E-state index contributed by atoms with van der Waals surface area (Å²) in [6.07, 6.45) is 5.59. The minimum Gasteiger partial charge on any atom is -0.383 e. The van der Waals surface area contributed by atoms with Gasteiger partial charge in [-0.2, -0.15) is 27.0 Å². The monoisotopic (exact) mass is 596 g/mol. The summed E-state index contributed by atoms with van der Waals surface area (Å²) in [6.45, 7) is 6.13. The molecule has 0 unspecified atom stereocenters. The summed E-state index contributed by atoms with van der Waals surface area (Å²) < 4.78 is 10.8. The summed E-state index contributed by atoms with van der Waals surface area (Å²) in [7, 11) is 1.73. The minimum absolute atomic E-state index is 0. The number of anilines is 1. The van der Waals surface area contributed by atoms with Gasteiger partial charge in [-0.1, -0.05) is 26.7 Å². The molecule has 1 N–H and O–H groups in total. The van der Waals surface area contributed by atoms with Crippen molar-refractivity contribution in [3.05, 3.63) is 29.8 Å². The maximum Gasteiger partial charge on any atom is 0.251 e. The molecule has 1 saturated carbocycles. The molecule has 226 valence electrons. The summed E-state index contributed by atoms with van der Waals surface area (Å²) in [5.41, 5.74) is 1.65. The lowest BCUT2D eigenvalue weighted by Gasteiger charge is -2.36. The fourth-order valence-corrected chi connectivity index (χ4v) is 6.37. The van der Waals surface area contributed by atoms with E-state index in [0.29, 0.717) is 18.5 Å². The van der Waals surface area contributed by atoms with Gasteiger partial charge < -0.3 is 24.6 Å². The van der Waals surface area contributed by atoms with Gasteiger partial charge >= 0.3 is 0 Å². The van der Waals surface area contributed by atoms with Crippen molar-refractivity contribution >= 4 is 50.3 Å². The summed E-state index contributed by atoms with van der Waals surface area (Å²) in [4.78, 5) is 45.9. The molecule has 1 aromatic rings. The number of nitrogens with zero attached hydrogens (tertiary/aromatic N) is 3. The number of rotatable bonds is 8. The van der Waals surface area contributed by atoms with Gasteiger partial charge in [0, 0.05) is 57.6 Å². The SMILES string of the molecule is C.COCCN1CCN(c2ccc(C(=O)N[C@H](C(=O)N3CC[C@H]4OCC(=O)[C@H]43)C3CCCCC3)cc2)CC1.S.S. The van der Waals surface area contributed by atoms with Gasteiger partial charge in [0.15, 0.2) is 5.78 Å². The predicted molar refractivity (Wildman–Crippen MR) is 167 cm³/mol. The molecule has 3 saturated heterocycles. The lowest BCUT2D eigenvalue weighted by molar-refractivity contribution is -0.139. The van der Waals surface area contributed by atoms with E-state index in [-0.39, 0.29) is 70.6 Å². The Balaban J connectivity index is 0.00000187. The van der Waals surface area contributed by atoms with Gasteiger partial charge in [0.1, 0.15) is 18.7 Å². The van der Waals surface area contributed by atoms with Crippen LogP contribution in [0.1, 0.15) is 56.3 Å². The Hall–Kier alpha value is -1.79. The fourth-order valence-electron chi connectivity index (χ4n) is 6.37. The van der Waals surface area contributed by atoms with Crippen molar-refractivity contribution in [2.45, 2.75) is 64.1 Å². The van der Waals surface area contributed by atoms with Crippen molar-refractivity contribution in [1.29, 1.82) is 0 Å². The standard InChI is InChI=1S/C28H40N4O5.CH4.2H2S/c1-36-18-17-30-13-15-31(16-14-30)22-9-7-21(8-10-22)27(34)29-25(20-5-3-2-4-6-20)28(35)32-12-11-24-26(32)23(33)19-37-24;;;/h7-10,20,24-26H,2-6,11-19H2,1H3,(H,29,34);1H4;2*1H2/t24-,25+,26-;;;/m1.../s1. The maximum atomic E-state index is 13.7. The molecule has 9 nitrogen and oxygen atoms in total. The van der Waals surface area contributed by atoms with Crippen molar-refractivity contribution in [1.82, 2.24) is 15.1 Å². The van der Waals surface area contributed by atoms with Crippen LogP contribution in [-0.4, -0.2) is 105 Å². The molecule has 4 fully saturated rings. The molecule has 0 bridgehead atoms. The number of carbonyl (C=O) groups is 3. The van der Waals surface area contributed by atoms with Gasteiger partial charge in [0.25, 0.3) is 5.91 Å². The smallest absolute Gasteiger partial charge is 0.251 e. The van der Waals surface area contributed by atoms with E-state index in [9.17, 15) is 14.4 Å². The van der Waals surface area contributed by atoms with Gasteiger partial charge in [0.2, 0.25) is 5.91 Å². The molecule has 0 aromatic heterocycles. The van der Waals surface area contributed by atoms with Crippen LogP contribution in [0.15, 0.2) is 24.3 Å². The van der Waals surface area contributed by atoms with Crippen LogP contribution in [0.4, 0.5) is 5.69 Å². The molecule has 40 heavy (non-hydrogen) atoms. The third kappa shape index (κ3) is 7.73. The first-order valence-electron chi connectivity index (χ1n) is 13.9. The van der Waals surface area contributed by atoms with E-state index < -0.39 is 12.1 Å². The molecule has 1 aliphatic carbocycles. The van der Waals surface area contributed by atoms with Crippen LogP contribution < -0.4 is 10.2 Å². The van der Waals surface area contributed by atoms with Gasteiger partial charge in [-0.05, 0) is 49.4 Å². The molecule has 0 radical (unpaired) electrons. The van der Waals surface area contributed by atoms with Crippen LogP contribution >= 0.6 is 27.0 Å². The Morgan fingerprint density at radius 3 is 2.33 bits per heavy atom. The number of fused-ring (bicyclic) bond motifs is 1. The van der Waals surface area contributed by atoms with Crippen LogP contribution in [0.25, 0.3) is 0 Å². The lowest BCUT2D eigenvalue weighted by Crippen LogP contribution is -2.55. The molecular weight excluding hydrogens is 548 g/mol. The molecule has 11 heteroatoms. The molecule has 5 rings (SSSR count). The first-order valence-corrected chi connectivity index (χ1v) is 13.9. The van der Waals surface area contributed by atoms with Crippen molar-refractivity contribution in [2.75, 3.05) is 64.5 Å². The molecule has 1 aromatic carbocycles. The average molecular weight is 597 g/mol. The summed E-state index contributed by atoms with van der Waals surface area (Å²) >= 11 is 0. The second-order valence-electron chi connectivity index (χ2n) is 10.8. The largest absolute Gasteiger partial charge is 0.383 e. The highest BCUT2D eigenvalue weighted by atomic mass is 32.1. The number of methoxy groups -OCH3 is 1. The number of hydrogen-bond acceptors (Lipinski definition) is 7. The molecular formula is C29H48N4O5S2. The van der Waals surface area contributed by atoms with Crippen LogP contribution in [0, 0.1) is 5.92 Å². The van der Waals surface area contributed by atoms with Crippen LogP contribution in [-0.2, 0) is 19.1 Å². The highest BCUT2D eigenvalue weighted by molar-refractivity contribution is 7.59. The second-order valence-corrected chi connectivity index (χ2v) is 10.8. The van der Waals surface area contributed by atoms with Gasteiger partial charge in [-0.25, -0.2) is 0 Å². The number of nitrogens with one attached hydrogen (secondary N) is 1. The van der Waals surface area contributed by atoms with Crippen molar-refractivity contribution in [3.63, 3.8) is 0 Å². The molecule has 3 atom stereocenters. The van der Waals surface area contributed by atoms with E-state index in [2.05, 4.69) is 15.1 Å². The summed E-state index contributed by atoms with van der Waals surface area (Å²) in [5, 5.41) is 3.08. The number of Topliss-reactive ketones (excluding diaryl/α,β-unsaturated/α-hetero) is 1. The Labute approximate surface area is 253 Å². The number of benzene rings is 1. The predicted octanol–water partition coefficient (Wildman–Crippen LogP) is 2.56. The zero-order valence-corrected chi connectivity index (χ0v) is 24.9. The Kier molecular flexibility index (Phi) is 13.8. The second kappa shape index (κ2) is 16.0. The number of piperazine rings is 1. The number of likely N-dealkylation sites (tertiary alicyclic amines) is 1. The third-order valence-electron chi connectivity index (χ3n) is 8.55. The van der Waals surface area contributed by atoms with Crippen molar-refractivity contribution < 1.29 is 23.9 Å². The highest BCUT2D eigenvalue weighted by Gasteiger charge is 2.49. The average Bonchev–Trinajstić information content (AvgIpc) is 3.54. The van der Waals surface area contributed by atoms with E-state index in [1.807, 2.05) is 24.3 Å². The van der Waals surface area contributed by atoms with Crippen LogP contribution in [0.2, 0.25) is 0 Å². The number of ether oxygens (including phenoxy) is 2. The van der Waals surface area contributed by atoms with Gasteiger partial charge in [-0.3, -0.25) is 19.3 Å². The molecule has 4 aliphatic rings. The first-order chi connectivity index (χ1) is 18.0. The van der Waals surface area contributed by atoms with E-state index in [1.54, 1.807) is 12.0 Å². The molecule has 2 amide bonds. The number of ketones is 1. The Morgan fingerprint density at radius 1 is 1.00 bits per heavy atom. The molecule has 3 heterocycles. The van der Waals surface area contributed by atoms with E-state index >= 15 is 0 Å². The quantitative estimate of drug-likeness (QED) is 0.493. The van der Waals surface area contributed by atoms with E-state index in [4.69, 9.17) is 9.47 Å². The topological polar surface area (TPSA) is 91.4 Å². The number of amides is 2. The zero-order chi connectivity index (χ0) is 25.8. The van der Waals surface area contributed by atoms with E-state index in [1.165, 1.54) is 0 Å². The Morgan fingerprint density at radius 2 is 1.68 bits per heavy atom. The third-order valence-corrected chi connectivity index (χ3v) is 8.55. The summed E-state index contributed by atoms with van der Waals surface area (Å²) in [5.74, 6) is -0.297.